The molecule has 1 amide bonds. The summed E-state index contributed by atoms with van der Waals surface area (Å²) in [5, 5.41) is 2.29. The molecule has 0 atom stereocenters. The number of hydrogen-bond acceptors (Lipinski definition) is 3. The molecule has 0 fully saturated rings. The molecule has 1 N–H and O–H groups in total. The normalized spacial score (nSPS) is 10.1. The summed E-state index contributed by atoms with van der Waals surface area (Å²) < 4.78 is 18.9. The third kappa shape index (κ3) is 4.05. The molecule has 2 rings (SSSR count). The summed E-state index contributed by atoms with van der Waals surface area (Å²) in [6.45, 7) is 1.13. The average molecular weight is 322 g/mol. The molecule has 6 heteroatoms. The highest BCUT2D eigenvalue weighted by molar-refractivity contribution is 6.31. The van der Waals surface area contributed by atoms with Gasteiger partial charge in [-0.2, -0.15) is 0 Å². The molecule has 0 aliphatic rings. The van der Waals surface area contributed by atoms with Gasteiger partial charge in [0.05, 0.1) is 10.7 Å². The molecular weight excluding hydrogens is 309 g/mol. The number of carbonyl (C=O) groups excluding carboxylic acids is 2. The molecule has 0 heterocycles. The Kier molecular flexibility index (Phi) is 5.12. The molecule has 0 saturated heterocycles. The summed E-state index contributed by atoms with van der Waals surface area (Å²) in [5.41, 5.74) is 0.470. The van der Waals surface area contributed by atoms with E-state index < -0.39 is 11.7 Å². The smallest absolute Gasteiger partial charge is 0.262 e. The monoisotopic (exact) mass is 321 g/mol. The Morgan fingerprint density at radius 1 is 1.23 bits per heavy atom. The molecule has 2 aromatic carbocycles. The van der Waals surface area contributed by atoms with Gasteiger partial charge in [-0.1, -0.05) is 29.8 Å². The molecule has 0 saturated carbocycles. The van der Waals surface area contributed by atoms with Gasteiger partial charge in [-0.15, -0.1) is 0 Å². The molecule has 2 aromatic rings. The Bertz CT molecular complexity index is 718. The minimum absolute atomic E-state index is 0.0152. The van der Waals surface area contributed by atoms with E-state index in [9.17, 15) is 14.0 Å². The van der Waals surface area contributed by atoms with E-state index in [-0.39, 0.29) is 23.1 Å². The Morgan fingerprint density at radius 3 is 2.68 bits per heavy atom. The number of anilines is 1. The number of Topliss-reactive ketones (excluding diaryl/α,β-unsaturated/α-hetero) is 1. The summed E-state index contributed by atoms with van der Waals surface area (Å²) in [4.78, 5) is 23.0. The van der Waals surface area contributed by atoms with Crippen LogP contribution in [-0.2, 0) is 4.79 Å². The second-order valence-corrected chi connectivity index (χ2v) is 4.93. The number of benzene rings is 2. The zero-order chi connectivity index (χ0) is 16.1. The van der Waals surface area contributed by atoms with Gasteiger partial charge in [0, 0.05) is 5.56 Å². The van der Waals surface area contributed by atoms with E-state index in [0.717, 1.165) is 0 Å². The van der Waals surface area contributed by atoms with Crippen LogP contribution in [0.25, 0.3) is 0 Å². The number of ketones is 1. The number of hydrogen-bond donors (Lipinski definition) is 1. The van der Waals surface area contributed by atoms with Crippen molar-refractivity contribution in [1.82, 2.24) is 0 Å². The fraction of sp³-hybridized carbons (Fsp3) is 0.125. The fourth-order valence-corrected chi connectivity index (χ4v) is 1.91. The topological polar surface area (TPSA) is 55.4 Å². The van der Waals surface area contributed by atoms with Crippen molar-refractivity contribution < 1.29 is 18.7 Å². The number of halogens is 2. The summed E-state index contributed by atoms with van der Waals surface area (Å²) in [6.07, 6.45) is 0. The van der Waals surface area contributed by atoms with Gasteiger partial charge >= 0.3 is 0 Å². The Balaban J connectivity index is 1.97. The lowest BCUT2D eigenvalue weighted by molar-refractivity contribution is -0.118. The van der Waals surface area contributed by atoms with Crippen LogP contribution in [0.4, 0.5) is 10.1 Å². The van der Waals surface area contributed by atoms with E-state index in [2.05, 4.69) is 5.32 Å². The Morgan fingerprint density at radius 2 is 1.95 bits per heavy atom. The van der Waals surface area contributed by atoms with Crippen LogP contribution in [0, 0.1) is 5.82 Å². The predicted molar refractivity (Wildman–Crippen MR) is 82.0 cm³/mol. The van der Waals surface area contributed by atoms with E-state index in [4.69, 9.17) is 16.3 Å². The van der Waals surface area contributed by atoms with Gasteiger partial charge in [-0.25, -0.2) is 4.39 Å². The second kappa shape index (κ2) is 7.04. The first-order valence-electron chi connectivity index (χ1n) is 6.45. The Hall–Kier alpha value is -2.40. The van der Waals surface area contributed by atoms with Crippen LogP contribution < -0.4 is 10.1 Å². The minimum atomic E-state index is -0.698. The van der Waals surface area contributed by atoms with Crippen LogP contribution in [0.2, 0.25) is 5.02 Å². The molecule has 0 aromatic heterocycles. The lowest BCUT2D eigenvalue weighted by atomic mass is 10.1. The number of carbonyl (C=O) groups is 2. The predicted octanol–water partition coefficient (Wildman–Crippen LogP) is 3.70. The van der Waals surface area contributed by atoms with E-state index >= 15 is 0 Å². The quantitative estimate of drug-likeness (QED) is 0.854. The molecule has 22 heavy (non-hydrogen) atoms. The summed E-state index contributed by atoms with van der Waals surface area (Å²) in [6, 6.07) is 10.8. The van der Waals surface area contributed by atoms with Gasteiger partial charge in [0.1, 0.15) is 5.75 Å². The van der Waals surface area contributed by atoms with E-state index in [1.807, 2.05) is 0 Å². The van der Waals surface area contributed by atoms with Crippen LogP contribution in [0.5, 0.6) is 5.75 Å². The van der Waals surface area contributed by atoms with Crippen LogP contribution >= 0.6 is 11.6 Å². The largest absolute Gasteiger partial charge is 0.484 e. The van der Waals surface area contributed by atoms with E-state index in [1.165, 1.54) is 31.2 Å². The summed E-state index contributed by atoms with van der Waals surface area (Å²) in [7, 11) is 0. The third-order valence-electron chi connectivity index (χ3n) is 2.84. The molecule has 0 aliphatic heterocycles. The molecule has 0 unspecified atom stereocenters. The van der Waals surface area contributed by atoms with Crippen LogP contribution in [0.1, 0.15) is 17.3 Å². The molecule has 4 nitrogen and oxygen atoms in total. The maximum absolute atomic E-state index is 13.6. The summed E-state index contributed by atoms with van der Waals surface area (Å²) >= 11 is 5.63. The molecule has 114 valence electrons. The van der Waals surface area contributed by atoms with Crippen LogP contribution in [-0.4, -0.2) is 18.3 Å². The van der Waals surface area contributed by atoms with Crippen molar-refractivity contribution in [2.24, 2.45) is 0 Å². The first-order valence-corrected chi connectivity index (χ1v) is 6.83. The average Bonchev–Trinajstić information content (AvgIpc) is 2.50. The molecule has 0 spiro atoms. The highest BCUT2D eigenvalue weighted by Gasteiger charge is 2.10. The molecule has 0 bridgehead atoms. The minimum Gasteiger partial charge on any atom is -0.484 e. The van der Waals surface area contributed by atoms with Crippen molar-refractivity contribution in [3.8, 4) is 5.75 Å². The van der Waals surface area contributed by atoms with Crippen molar-refractivity contribution in [1.29, 1.82) is 0 Å². The number of ether oxygens (including phenoxy) is 1. The SMILES string of the molecule is CC(=O)c1cccc(OCC(=O)Nc2cccc(Cl)c2F)c1. The van der Waals surface area contributed by atoms with Crippen molar-refractivity contribution in [3.63, 3.8) is 0 Å². The standard InChI is InChI=1S/C16H13ClFNO3/c1-10(20)11-4-2-5-12(8-11)22-9-15(21)19-14-7-3-6-13(17)16(14)18/h2-8H,9H2,1H3,(H,19,21). The lowest BCUT2D eigenvalue weighted by Crippen LogP contribution is -2.20. The second-order valence-electron chi connectivity index (χ2n) is 4.52. The van der Waals surface area contributed by atoms with Crippen molar-refractivity contribution >= 4 is 29.0 Å². The third-order valence-corrected chi connectivity index (χ3v) is 3.13. The maximum atomic E-state index is 13.6. The van der Waals surface area contributed by atoms with Gasteiger partial charge in [-0.3, -0.25) is 9.59 Å². The first-order chi connectivity index (χ1) is 10.5. The van der Waals surface area contributed by atoms with Crippen LogP contribution in [0.3, 0.4) is 0 Å². The zero-order valence-electron chi connectivity index (χ0n) is 11.7. The van der Waals surface area contributed by atoms with Gasteiger partial charge in [-0.05, 0) is 31.2 Å². The lowest BCUT2D eigenvalue weighted by Gasteiger charge is -2.09. The highest BCUT2D eigenvalue weighted by Crippen LogP contribution is 2.22. The van der Waals surface area contributed by atoms with Crippen molar-refractivity contribution in [3.05, 3.63) is 58.9 Å². The van der Waals surface area contributed by atoms with E-state index in [0.29, 0.717) is 11.3 Å². The maximum Gasteiger partial charge on any atom is 0.262 e. The van der Waals surface area contributed by atoms with Crippen molar-refractivity contribution in [2.75, 3.05) is 11.9 Å². The zero-order valence-corrected chi connectivity index (χ0v) is 12.5. The number of nitrogens with one attached hydrogen (secondary N) is 1. The van der Waals surface area contributed by atoms with Crippen LogP contribution in [0.15, 0.2) is 42.5 Å². The highest BCUT2D eigenvalue weighted by atomic mass is 35.5. The molecule has 0 aliphatic carbocycles. The van der Waals surface area contributed by atoms with Gasteiger partial charge in [0.25, 0.3) is 5.91 Å². The molecule has 0 radical (unpaired) electrons. The number of amides is 1. The fourth-order valence-electron chi connectivity index (χ4n) is 1.74. The van der Waals surface area contributed by atoms with Crippen molar-refractivity contribution in [2.45, 2.75) is 6.92 Å². The van der Waals surface area contributed by atoms with Gasteiger partial charge in [0.15, 0.2) is 18.2 Å². The summed E-state index contributed by atoms with van der Waals surface area (Å²) in [5.74, 6) is -0.948. The van der Waals surface area contributed by atoms with Gasteiger partial charge < -0.3 is 10.1 Å². The first kappa shape index (κ1) is 16.0. The van der Waals surface area contributed by atoms with E-state index in [1.54, 1.807) is 18.2 Å². The van der Waals surface area contributed by atoms with Gasteiger partial charge in [0.2, 0.25) is 0 Å². The number of rotatable bonds is 5. The Labute approximate surface area is 131 Å². The molecular formula is C16H13ClFNO3.